The minimum Gasteiger partial charge on any atom is -0.372 e. The lowest BCUT2D eigenvalue weighted by atomic mass is 9.79. The molecule has 1 saturated heterocycles. The molecule has 21 heavy (non-hydrogen) atoms. The summed E-state index contributed by atoms with van der Waals surface area (Å²) in [4.78, 5) is 25.4. The molecule has 0 spiro atoms. The zero-order valence-electron chi connectivity index (χ0n) is 13.4. The lowest BCUT2D eigenvalue weighted by Crippen LogP contribution is -2.59. The van der Waals surface area contributed by atoms with Gasteiger partial charge in [-0.1, -0.05) is 13.8 Å². The average Bonchev–Trinajstić information content (AvgIpc) is 2.79. The van der Waals surface area contributed by atoms with Gasteiger partial charge < -0.3 is 9.64 Å². The maximum Gasteiger partial charge on any atom is 0.226 e. The van der Waals surface area contributed by atoms with Crippen molar-refractivity contribution in [3.63, 3.8) is 0 Å². The van der Waals surface area contributed by atoms with Gasteiger partial charge in [0.05, 0.1) is 18.8 Å². The van der Waals surface area contributed by atoms with Crippen LogP contribution in [0.1, 0.15) is 47.0 Å². The largest absolute Gasteiger partial charge is 0.372 e. The minimum atomic E-state index is -1.18. The monoisotopic (exact) mass is 299 g/mol. The summed E-state index contributed by atoms with van der Waals surface area (Å²) in [7, 11) is 0. The van der Waals surface area contributed by atoms with Gasteiger partial charge in [-0.2, -0.15) is 0 Å². The fourth-order valence-corrected chi connectivity index (χ4v) is 3.46. The molecule has 1 saturated carbocycles. The van der Waals surface area contributed by atoms with Crippen molar-refractivity contribution in [3.05, 3.63) is 0 Å². The molecular weight excluding hydrogens is 273 g/mol. The smallest absolute Gasteiger partial charge is 0.226 e. The highest BCUT2D eigenvalue weighted by Gasteiger charge is 2.46. The third kappa shape index (κ3) is 3.62. The van der Waals surface area contributed by atoms with Crippen LogP contribution < -0.4 is 0 Å². The van der Waals surface area contributed by atoms with E-state index in [0.717, 1.165) is 0 Å². The van der Waals surface area contributed by atoms with E-state index in [0.29, 0.717) is 25.8 Å². The first kappa shape index (κ1) is 16.4. The number of hydrogen-bond donors (Lipinski definition) is 0. The zero-order valence-corrected chi connectivity index (χ0v) is 13.4. The van der Waals surface area contributed by atoms with Crippen LogP contribution in [0, 0.1) is 11.3 Å². The fraction of sp³-hybridized carbons (Fsp3) is 0.875. The lowest BCUT2D eigenvalue weighted by molar-refractivity contribution is -0.159. The van der Waals surface area contributed by atoms with Crippen molar-refractivity contribution in [3.8, 4) is 0 Å². The number of nitrogens with zero attached hydrogens (tertiary/aromatic N) is 1. The molecule has 3 atom stereocenters. The van der Waals surface area contributed by atoms with Crippen LogP contribution in [0.15, 0.2) is 0 Å². The van der Waals surface area contributed by atoms with Crippen LogP contribution in [0.5, 0.6) is 0 Å². The van der Waals surface area contributed by atoms with Gasteiger partial charge in [-0.15, -0.1) is 0 Å². The Hall–Kier alpha value is -0.970. The molecular formula is C16H26FNO3. The summed E-state index contributed by atoms with van der Waals surface area (Å²) < 4.78 is 20.2. The maximum atomic E-state index is 14.5. The van der Waals surface area contributed by atoms with Crippen molar-refractivity contribution in [2.75, 3.05) is 13.1 Å². The molecule has 1 heterocycles. The molecule has 120 valence electrons. The van der Waals surface area contributed by atoms with E-state index in [1.54, 1.807) is 4.90 Å². The van der Waals surface area contributed by atoms with Crippen molar-refractivity contribution in [1.82, 2.24) is 4.90 Å². The molecule has 2 aliphatic rings. The molecule has 2 rings (SSSR count). The molecule has 0 aromatic rings. The van der Waals surface area contributed by atoms with Crippen molar-refractivity contribution in [1.29, 1.82) is 0 Å². The van der Waals surface area contributed by atoms with Gasteiger partial charge >= 0.3 is 0 Å². The highest BCUT2D eigenvalue weighted by Crippen LogP contribution is 2.36. The summed E-state index contributed by atoms with van der Waals surface area (Å²) in [5, 5.41) is 0. The van der Waals surface area contributed by atoms with Gasteiger partial charge in [0.1, 0.15) is 12.0 Å². The van der Waals surface area contributed by atoms with Gasteiger partial charge in [-0.25, -0.2) is 4.39 Å². The Labute approximate surface area is 126 Å². The van der Waals surface area contributed by atoms with Crippen molar-refractivity contribution >= 4 is 11.7 Å². The van der Waals surface area contributed by atoms with Crippen LogP contribution in [0.2, 0.25) is 0 Å². The number of halogens is 1. The van der Waals surface area contributed by atoms with Crippen molar-refractivity contribution < 1.29 is 18.7 Å². The average molecular weight is 299 g/mol. The summed E-state index contributed by atoms with van der Waals surface area (Å²) in [5.74, 6) is -0.176. The van der Waals surface area contributed by atoms with Crippen LogP contribution in [0.4, 0.5) is 4.39 Å². The van der Waals surface area contributed by atoms with Crippen LogP contribution in [-0.2, 0) is 14.3 Å². The van der Waals surface area contributed by atoms with E-state index >= 15 is 0 Å². The summed E-state index contributed by atoms with van der Waals surface area (Å²) in [6, 6.07) is 0. The molecule has 0 aromatic heterocycles. The quantitative estimate of drug-likeness (QED) is 0.803. The number of carbonyl (C=O) groups excluding carboxylic acids is 2. The topological polar surface area (TPSA) is 46.6 Å². The van der Waals surface area contributed by atoms with E-state index in [4.69, 9.17) is 4.74 Å². The summed E-state index contributed by atoms with van der Waals surface area (Å²) >= 11 is 0. The van der Waals surface area contributed by atoms with Gasteiger partial charge in [0.25, 0.3) is 0 Å². The van der Waals surface area contributed by atoms with Crippen molar-refractivity contribution in [2.45, 2.75) is 65.3 Å². The number of ether oxygens (including phenoxy) is 1. The molecule has 0 aromatic carbocycles. The van der Waals surface area contributed by atoms with Crippen LogP contribution in [0.3, 0.4) is 0 Å². The number of rotatable bonds is 3. The van der Waals surface area contributed by atoms with Crippen LogP contribution in [-0.4, -0.2) is 48.1 Å². The van der Waals surface area contributed by atoms with Gasteiger partial charge in [-0.05, 0) is 20.3 Å². The van der Waals surface area contributed by atoms with Crippen LogP contribution in [0.25, 0.3) is 0 Å². The number of ketones is 1. The van der Waals surface area contributed by atoms with Crippen LogP contribution >= 0.6 is 0 Å². The SMILES string of the molecule is CC(C)O[C@@H]1[C@H](F)CN(C(=O)[C@@H]2CCC(=O)C2)CC1(C)C. The van der Waals surface area contributed by atoms with Gasteiger partial charge in [0, 0.05) is 30.7 Å². The Bertz CT molecular complexity index is 422. The number of likely N-dealkylation sites (tertiary alicyclic amines) is 1. The van der Waals surface area contributed by atoms with E-state index in [-0.39, 0.29) is 30.3 Å². The predicted molar refractivity (Wildman–Crippen MR) is 77.6 cm³/mol. The Morgan fingerprint density at radius 1 is 1.43 bits per heavy atom. The summed E-state index contributed by atoms with van der Waals surface area (Å²) in [6.07, 6.45) is -0.312. The highest BCUT2D eigenvalue weighted by molar-refractivity contribution is 5.90. The third-order valence-corrected chi connectivity index (χ3v) is 4.42. The van der Waals surface area contributed by atoms with E-state index in [1.807, 2.05) is 27.7 Å². The molecule has 0 unspecified atom stereocenters. The van der Waals surface area contributed by atoms with Crippen molar-refractivity contribution in [2.24, 2.45) is 11.3 Å². The minimum absolute atomic E-state index is 0.0396. The lowest BCUT2D eigenvalue weighted by Gasteiger charge is -2.46. The standard InChI is InChI=1S/C16H26FNO3/c1-10(2)21-14-13(17)8-18(9-16(14,3)4)15(20)11-5-6-12(19)7-11/h10-11,13-14H,5-9H2,1-4H3/t11-,13-,14-/m1/s1. The van der Waals surface area contributed by atoms with E-state index in [2.05, 4.69) is 0 Å². The number of hydrogen-bond acceptors (Lipinski definition) is 3. The third-order valence-electron chi connectivity index (χ3n) is 4.42. The molecule has 1 amide bonds. The molecule has 0 N–H and O–H groups in total. The summed E-state index contributed by atoms with van der Waals surface area (Å²) in [6.45, 7) is 8.21. The van der Waals surface area contributed by atoms with Gasteiger partial charge in [-0.3, -0.25) is 9.59 Å². The molecule has 4 nitrogen and oxygen atoms in total. The molecule has 0 bridgehead atoms. The van der Waals surface area contributed by atoms with E-state index in [1.165, 1.54) is 0 Å². The summed E-state index contributed by atoms with van der Waals surface area (Å²) in [5.41, 5.74) is -0.430. The number of carbonyl (C=O) groups is 2. The molecule has 1 aliphatic heterocycles. The second-order valence-corrected chi connectivity index (χ2v) is 7.31. The second kappa shape index (κ2) is 6.03. The Kier molecular flexibility index (Phi) is 4.71. The Morgan fingerprint density at radius 3 is 2.57 bits per heavy atom. The number of alkyl halides is 1. The number of piperidine rings is 1. The highest BCUT2D eigenvalue weighted by atomic mass is 19.1. The number of amides is 1. The normalized spacial score (nSPS) is 32.8. The zero-order chi connectivity index (χ0) is 15.8. The first-order valence-corrected chi connectivity index (χ1v) is 7.80. The maximum absolute atomic E-state index is 14.5. The van der Waals surface area contributed by atoms with E-state index < -0.39 is 17.7 Å². The Morgan fingerprint density at radius 2 is 2.10 bits per heavy atom. The second-order valence-electron chi connectivity index (χ2n) is 7.31. The fourth-order valence-electron chi connectivity index (χ4n) is 3.46. The first-order chi connectivity index (χ1) is 9.70. The van der Waals surface area contributed by atoms with E-state index in [9.17, 15) is 14.0 Å². The van der Waals surface area contributed by atoms with Gasteiger partial charge in [0.15, 0.2) is 0 Å². The van der Waals surface area contributed by atoms with Gasteiger partial charge in [0.2, 0.25) is 5.91 Å². The molecule has 1 aliphatic carbocycles. The molecule has 5 heteroatoms. The predicted octanol–water partition coefficient (Wildman–Crippen LogP) is 2.36. The Balaban J connectivity index is 2.05. The first-order valence-electron chi connectivity index (χ1n) is 7.80. The molecule has 0 radical (unpaired) electrons. The number of Topliss-reactive ketones (excluding diaryl/α,β-unsaturated/α-hetero) is 1. The molecule has 2 fully saturated rings.